The van der Waals surface area contributed by atoms with Crippen molar-refractivity contribution in [1.29, 1.82) is 0 Å². The zero-order chi connectivity index (χ0) is 30.1. The molecule has 4 aromatic rings. The first-order valence-electron chi connectivity index (χ1n) is 14.7. The van der Waals surface area contributed by atoms with Gasteiger partial charge in [-0.3, -0.25) is 0 Å². The Morgan fingerprint density at radius 1 is 1.02 bits per heavy atom. The molecular weight excluding hydrogens is 582 g/mol. The van der Waals surface area contributed by atoms with Crippen molar-refractivity contribution in [3.8, 4) is 0 Å². The van der Waals surface area contributed by atoms with Gasteiger partial charge in [-0.25, -0.2) is 4.98 Å². The Bertz CT molecular complexity index is 1520. The van der Waals surface area contributed by atoms with Gasteiger partial charge in [0.05, 0.1) is 16.8 Å². The van der Waals surface area contributed by atoms with Gasteiger partial charge in [-0.15, -0.1) is 4.33 Å². The second kappa shape index (κ2) is 15.3. The first kappa shape index (κ1) is 31.7. The van der Waals surface area contributed by atoms with Gasteiger partial charge in [-0.1, -0.05) is 77.3 Å². The number of nitrogens with zero attached hydrogens (tertiary/aromatic N) is 1. The number of aryl methyl sites for hydroxylation is 1. The summed E-state index contributed by atoms with van der Waals surface area (Å²) in [5.41, 5.74) is 5.56. The summed E-state index contributed by atoms with van der Waals surface area (Å²) in [6.07, 6.45) is 9.84. The summed E-state index contributed by atoms with van der Waals surface area (Å²) in [5, 5.41) is 6.81. The van der Waals surface area contributed by atoms with Crippen molar-refractivity contribution < 1.29 is 23.7 Å². The van der Waals surface area contributed by atoms with E-state index < -0.39 is 5.60 Å². The Morgan fingerprint density at radius 3 is 2.72 bits per heavy atom. The minimum absolute atomic E-state index is 0.177. The number of rotatable bonds is 13. The predicted octanol–water partition coefficient (Wildman–Crippen LogP) is 9.67. The van der Waals surface area contributed by atoms with Crippen LogP contribution in [0.5, 0.6) is 0 Å². The minimum atomic E-state index is -0.500. The maximum absolute atomic E-state index is 6.46. The molecule has 1 aliphatic heterocycles. The van der Waals surface area contributed by atoms with E-state index in [1.54, 1.807) is 6.26 Å². The highest BCUT2D eigenvalue weighted by Crippen LogP contribution is 2.34. The third kappa shape index (κ3) is 8.89. The van der Waals surface area contributed by atoms with Crippen molar-refractivity contribution in [3.05, 3.63) is 112 Å². The van der Waals surface area contributed by atoms with E-state index in [-0.39, 0.29) is 12.4 Å². The number of fused-ring (bicyclic) bond motifs is 1. The molecule has 226 valence electrons. The molecule has 1 unspecified atom stereocenters. The first-order valence-corrected chi connectivity index (χ1v) is 16.2. The van der Waals surface area contributed by atoms with Crippen molar-refractivity contribution in [2.24, 2.45) is 0 Å². The first-order chi connectivity index (χ1) is 20.9. The van der Waals surface area contributed by atoms with E-state index >= 15 is 0 Å². The maximum atomic E-state index is 6.46. The Morgan fingerprint density at radius 2 is 1.88 bits per heavy atom. The van der Waals surface area contributed by atoms with Gasteiger partial charge in [-0.05, 0) is 98.5 Å². The van der Waals surface area contributed by atoms with E-state index in [0.29, 0.717) is 11.4 Å². The van der Waals surface area contributed by atoms with Crippen LogP contribution < -0.4 is 0 Å². The molecule has 0 aliphatic carbocycles. The summed E-state index contributed by atoms with van der Waals surface area (Å²) in [7, 11) is 0. The fourth-order valence-electron chi connectivity index (χ4n) is 5.41. The van der Waals surface area contributed by atoms with Crippen molar-refractivity contribution in [2.75, 3.05) is 12.9 Å². The Labute approximate surface area is 263 Å². The predicted molar refractivity (Wildman–Crippen MR) is 174 cm³/mol. The smallest absolute Gasteiger partial charge is 0.158 e. The molecule has 0 bridgehead atoms. The standard InChI is InChI=1S/C35H38ClNO5S/c1-35(2,39-34-13-6-7-22-38-34)31-12-5-4-10-26(31)17-21-33(40-41-42-43-3)28-11-8-9-25(23-28)14-19-30-20-16-27-15-18-29(36)24-32(27)37-30/h4-5,8-12,14-16,18-20,23-24,33-34H,6-7,13,17,21-22H2,1-3H3/b19-14+/t33-,34?/m0/s1. The van der Waals surface area contributed by atoms with Crippen LogP contribution in [0.1, 0.15) is 73.6 Å². The number of aromatic nitrogens is 1. The van der Waals surface area contributed by atoms with Crippen LogP contribution in [0, 0.1) is 0 Å². The lowest BCUT2D eigenvalue weighted by Gasteiger charge is -2.34. The molecule has 8 heteroatoms. The summed E-state index contributed by atoms with van der Waals surface area (Å²) in [6.45, 7) is 4.98. The molecule has 2 heterocycles. The Kier molecular flexibility index (Phi) is 11.3. The molecule has 1 aromatic heterocycles. The van der Waals surface area contributed by atoms with Gasteiger partial charge >= 0.3 is 0 Å². The zero-order valence-corrected chi connectivity index (χ0v) is 26.4. The molecule has 2 atom stereocenters. The van der Waals surface area contributed by atoms with Gasteiger partial charge in [0.2, 0.25) is 0 Å². The summed E-state index contributed by atoms with van der Waals surface area (Å²) >= 11 is 7.25. The lowest BCUT2D eigenvalue weighted by atomic mass is 9.89. The van der Waals surface area contributed by atoms with E-state index in [4.69, 9.17) is 40.3 Å². The van der Waals surface area contributed by atoms with E-state index in [9.17, 15) is 0 Å². The minimum Gasteiger partial charge on any atom is -0.353 e. The number of pyridine rings is 1. The number of hydrogen-bond acceptors (Lipinski definition) is 7. The monoisotopic (exact) mass is 619 g/mol. The topological polar surface area (TPSA) is 59.0 Å². The second-order valence-corrected chi connectivity index (χ2v) is 12.0. The summed E-state index contributed by atoms with van der Waals surface area (Å²) in [4.78, 5) is 10.5. The maximum Gasteiger partial charge on any atom is 0.158 e. The van der Waals surface area contributed by atoms with Crippen LogP contribution in [-0.2, 0) is 35.8 Å². The average molecular weight is 620 g/mol. The highest BCUT2D eigenvalue weighted by Gasteiger charge is 2.29. The highest BCUT2D eigenvalue weighted by atomic mass is 35.5. The fraction of sp³-hybridized carbons (Fsp3) is 0.343. The third-order valence-electron chi connectivity index (χ3n) is 7.56. The van der Waals surface area contributed by atoms with Crippen molar-refractivity contribution in [1.82, 2.24) is 4.98 Å². The van der Waals surface area contributed by atoms with Gasteiger partial charge in [-0.2, -0.15) is 4.89 Å². The normalized spacial score (nSPS) is 16.6. The van der Waals surface area contributed by atoms with Crippen LogP contribution in [0.3, 0.4) is 0 Å². The van der Waals surface area contributed by atoms with Gasteiger partial charge in [0.15, 0.2) is 6.29 Å². The van der Waals surface area contributed by atoms with Crippen LogP contribution in [0.2, 0.25) is 5.02 Å². The van der Waals surface area contributed by atoms with Crippen LogP contribution in [0.15, 0.2) is 78.9 Å². The molecule has 0 amide bonds. The van der Waals surface area contributed by atoms with Crippen LogP contribution in [0.25, 0.3) is 23.1 Å². The Hall–Kier alpha value is -2.75. The molecule has 43 heavy (non-hydrogen) atoms. The Balaban J connectivity index is 1.32. The molecule has 6 nitrogen and oxygen atoms in total. The SMILES string of the molecule is CSOOO[C@@H](CCc1ccccc1C(C)(C)OC1CCCCO1)c1cccc(/C=C/c2ccc3ccc(Cl)cc3n2)c1. The summed E-state index contributed by atoms with van der Waals surface area (Å²) in [5.74, 6) is 0. The van der Waals surface area contributed by atoms with E-state index in [1.165, 1.54) is 5.56 Å². The molecule has 0 radical (unpaired) electrons. The zero-order valence-electron chi connectivity index (χ0n) is 24.8. The second-order valence-electron chi connectivity index (χ2n) is 11.1. The molecule has 1 saturated heterocycles. The van der Waals surface area contributed by atoms with E-state index in [2.05, 4.69) is 50.2 Å². The largest absolute Gasteiger partial charge is 0.353 e. The van der Waals surface area contributed by atoms with Crippen LogP contribution >= 0.6 is 23.6 Å². The van der Waals surface area contributed by atoms with Gasteiger partial charge in [0, 0.05) is 35.3 Å². The van der Waals surface area contributed by atoms with Crippen molar-refractivity contribution in [2.45, 2.75) is 63.9 Å². The molecule has 3 aromatic carbocycles. The molecule has 0 N–H and O–H groups in total. The van der Waals surface area contributed by atoms with Crippen LogP contribution in [0.4, 0.5) is 0 Å². The number of benzene rings is 3. The van der Waals surface area contributed by atoms with Crippen LogP contribution in [-0.4, -0.2) is 24.1 Å². The molecule has 5 rings (SSSR count). The number of halogens is 1. The summed E-state index contributed by atoms with van der Waals surface area (Å²) in [6, 6.07) is 26.4. The molecular formula is C35H38ClNO5S. The molecule has 0 spiro atoms. The number of hydrogen-bond donors (Lipinski definition) is 0. The van der Waals surface area contributed by atoms with Gasteiger partial charge in [0.1, 0.15) is 6.10 Å². The highest BCUT2D eigenvalue weighted by molar-refractivity contribution is 7.93. The molecule has 1 fully saturated rings. The van der Waals surface area contributed by atoms with Gasteiger partial charge in [0.25, 0.3) is 0 Å². The molecule has 0 saturated carbocycles. The summed E-state index contributed by atoms with van der Waals surface area (Å²) < 4.78 is 17.4. The number of ether oxygens (including phenoxy) is 2. The van der Waals surface area contributed by atoms with Crippen molar-refractivity contribution >= 4 is 46.7 Å². The van der Waals surface area contributed by atoms with E-state index in [1.807, 2.05) is 54.6 Å². The molecule has 1 aliphatic rings. The van der Waals surface area contributed by atoms with Crippen molar-refractivity contribution in [3.63, 3.8) is 0 Å². The third-order valence-corrected chi connectivity index (χ3v) is 7.99. The van der Waals surface area contributed by atoms with E-state index in [0.717, 1.165) is 77.6 Å². The fourth-order valence-corrected chi connectivity index (χ4v) is 5.67. The van der Waals surface area contributed by atoms with Gasteiger partial charge < -0.3 is 9.47 Å². The quantitative estimate of drug-likeness (QED) is 0.0639. The lowest BCUT2D eigenvalue weighted by molar-refractivity contribution is -0.480. The lowest BCUT2D eigenvalue weighted by Crippen LogP contribution is -2.33. The average Bonchev–Trinajstić information content (AvgIpc) is 3.02.